The predicted octanol–water partition coefficient (Wildman–Crippen LogP) is 5.51. The molecule has 0 aliphatic rings. The lowest BCUT2D eigenvalue weighted by molar-refractivity contribution is 0.352. The van der Waals surface area contributed by atoms with Gasteiger partial charge in [-0.05, 0) is 49.7 Å². The maximum atomic E-state index is 6.92. The summed E-state index contributed by atoms with van der Waals surface area (Å²) < 4.78 is 20.0. The average Bonchev–Trinajstić information content (AvgIpc) is 2.54. The molecule has 0 unspecified atom stereocenters. The van der Waals surface area contributed by atoms with Gasteiger partial charge in [-0.25, -0.2) is 0 Å². The van der Waals surface area contributed by atoms with Crippen LogP contribution < -0.4 is 10.4 Å². The van der Waals surface area contributed by atoms with Crippen LogP contribution >= 0.6 is 0 Å². The molecule has 29 heavy (non-hydrogen) atoms. The van der Waals surface area contributed by atoms with Crippen molar-refractivity contribution < 1.29 is 12.3 Å². The van der Waals surface area contributed by atoms with Crippen LogP contribution in [0.5, 0.6) is 0 Å². The predicted molar refractivity (Wildman–Crippen MR) is 143 cm³/mol. The molecule has 168 valence electrons. The fourth-order valence-corrected chi connectivity index (χ4v) is 17.9. The van der Waals surface area contributed by atoms with Crippen molar-refractivity contribution in [3.05, 3.63) is 60.7 Å². The van der Waals surface area contributed by atoms with Crippen LogP contribution in [0.1, 0.15) is 29.7 Å². The Hall–Kier alpha value is -0.812. The molecule has 0 spiro atoms. The monoisotopic (exact) mass is 470 g/mol. The summed E-state index contributed by atoms with van der Waals surface area (Å²) in [6, 6.07) is 21.0. The van der Waals surface area contributed by atoms with E-state index in [1.54, 1.807) is 0 Å². The van der Waals surface area contributed by atoms with Gasteiger partial charge in [-0.2, -0.15) is 0 Å². The maximum Gasteiger partial charge on any atom is 0.387 e. The first-order chi connectivity index (χ1) is 11.8. The summed E-state index contributed by atoms with van der Waals surface area (Å²) in [5, 5.41) is 2.33. The first kappa shape index (κ1) is 32.8. The van der Waals surface area contributed by atoms with E-state index in [9.17, 15) is 0 Å². The highest BCUT2D eigenvalue weighted by Gasteiger charge is 2.48. The maximum absolute atomic E-state index is 6.92. The fourth-order valence-electron chi connectivity index (χ4n) is 3.03. The van der Waals surface area contributed by atoms with Gasteiger partial charge in [-0.1, -0.05) is 90.4 Å². The number of rotatable bonds is 8. The highest BCUT2D eigenvalue weighted by molar-refractivity contribution is 7.00. The van der Waals surface area contributed by atoms with Gasteiger partial charge in [0.2, 0.25) is 0 Å². The number of hydrogen-bond donors (Lipinski definition) is 0. The van der Waals surface area contributed by atoms with E-state index in [1.807, 2.05) is 12.1 Å². The summed E-state index contributed by atoms with van der Waals surface area (Å²) in [5.41, 5.74) is 0. The first-order valence-electron chi connectivity index (χ1n) is 8.92. The van der Waals surface area contributed by atoms with Crippen molar-refractivity contribution >= 4 is 45.6 Å². The zero-order valence-corrected chi connectivity index (χ0v) is 20.5. The van der Waals surface area contributed by atoms with Crippen LogP contribution in [-0.4, -0.2) is 35.2 Å². The topological polar surface area (TPSA) is 27.7 Å². The van der Waals surface area contributed by atoms with Gasteiger partial charge < -0.3 is 12.3 Å². The second kappa shape index (κ2) is 14.2. The fraction of sp³-hybridized carbons (Fsp3) is 0.455. The molecule has 0 amide bonds. The molecule has 0 aliphatic heterocycles. The SMILES string of the molecule is C.C.C.C.C[SiH](C)O[Si](C)(C)O[Si](O[SiH](C)C)(c1ccccc1)c1ccccc1. The van der Waals surface area contributed by atoms with Crippen LogP contribution in [0.25, 0.3) is 0 Å². The summed E-state index contributed by atoms with van der Waals surface area (Å²) >= 11 is 0. The van der Waals surface area contributed by atoms with E-state index < -0.39 is 35.2 Å². The Labute approximate surface area is 187 Å². The molecule has 0 aromatic heterocycles. The molecule has 0 aliphatic carbocycles. The Morgan fingerprint density at radius 2 is 0.931 bits per heavy atom. The van der Waals surface area contributed by atoms with Crippen molar-refractivity contribution in [2.45, 2.75) is 69.0 Å². The summed E-state index contributed by atoms with van der Waals surface area (Å²) in [6.07, 6.45) is 0. The largest absolute Gasteiger partial charge is 0.440 e. The van der Waals surface area contributed by atoms with Crippen LogP contribution in [0.15, 0.2) is 60.7 Å². The third-order valence-electron chi connectivity index (χ3n) is 3.62. The molecule has 0 saturated heterocycles. The van der Waals surface area contributed by atoms with Crippen molar-refractivity contribution in [2.24, 2.45) is 0 Å². The van der Waals surface area contributed by atoms with Gasteiger partial charge in [0.15, 0.2) is 18.1 Å². The normalized spacial score (nSPS) is 11.0. The molecule has 3 nitrogen and oxygen atoms in total. The van der Waals surface area contributed by atoms with Crippen LogP contribution in [0.4, 0.5) is 0 Å². The second-order valence-electron chi connectivity index (χ2n) is 7.18. The minimum absolute atomic E-state index is 0. The Kier molecular flexibility index (Phi) is 16.1. The number of hydrogen-bond acceptors (Lipinski definition) is 3. The van der Waals surface area contributed by atoms with Crippen LogP contribution in [0.3, 0.4) is 0 Å². The summed E-state index contributed by atoms with van der Waals surface area (Å²) in [7, 11) is -7.65. The van der Waals surface area contributed by atoms with E-state index in [0.717, 1.165) is 10.4 Å². The average molecular weight is 471 g/mol. The zero-order valence-electron chi connectivity index (χ0n) is 16.2. The molecular formula is C22H46O3Si4. The lowest BCUT2D eigenvalue weighted by Crippen LogP contribution is -2.69. The van der Waals surface area contributed by atoms with Gasteiger partial charge in [-0.3, -0.25) is 0 Å². The van der Waals surface area contributed by atoms with Gasteiger partial charge in [0.05, 0.1) is 0 Å². The van der Waals surface area contributed by atoms with Crippen LogP contribution in [0.2, 0.25) is 39.3 Å². The lowest BCUT2D eigenvalue weighted by atomic mass is 10.4. The summed E-state index contributed by atoms with van der Waals surface area (Å²) in [6.45, 7) is 13.1. The lowest BCUT2D eigenvalue weighted by Gasteiger charge is -2.40. The molecule has 0 atom stereocenters. The van der Waals surface area contributed by atoms with E-state index in [-0.39, 0.29) is 29.7 Å². The van der Waals surface area contributed by atoms with Crippen LogP contribution in [-0.2, 0) is 12.3 Å². The molecular weight excluding hydrogens is 425 g/mol. The zero-order chi connectivity index (χ0) is 18.5. The van der Waals surface area contributed by atoms with Crippen molar-refractivity contribution in [2.75, 3.05) is 0 Å². The summed E-state index contributed by atoms with van der Waals surface area (Å²) in [5.74, 6) is 0. The van der Waals surface area contributed by atoms with Crippen LogP contribution in [0, 0.1) is 0 Å². The molecule has 0 N–H and O–H groups in total. The standard InChI is InChI=1S/C18H30O3Si4.4CH4/c1-22(2)19-24(5,6)21-25(20-23(3)4,17-13-9-7-10-14-17)18-15-11-8-12-16-18;;;;/h7-16,22-23H,1-6H3;4*1H4. The van der Waals surface area contributed by atoms with E-state index in [2.05, 4.69) is 87.8 Å². The molecule has 2 aromatic rings. The van der Waals surface area contributed by atoms with Crippen molar-refractivity contribution in [3.63, 3.8) is 0 Å². The van der Waals surface area contributed by atoms with Crippen molar-refractivity contribution in [3.8, 4) is 0 Å². The molecule has 0 saturated carbocycles. The Balaban J connectivity index is -0.00000169. The first-order valence-corrected chi connectivity index (χ1v) is 19.1. The minimum Gasteiger partial charge on any atom is -0.440 e. The Morgan fingerprint density at radius 1 is 0.586 bits per heavy atom. The molecule has 0 heterocycles. The molecule has 0 bridgehead atoms. The molecule has 7 heteroatoms. The quantitative estimate of drug-likeness (QED) is 0.476. The second-order valence-corrected chi connectivity index (χ2v) is 19.3. The molecule has 0 radical (unpaired) electrons. The van der Waals surface area contributed by atoms with Gasteiger partial charge in [0.25, 0.3) is 0 Å². The van der Waals surface area contributed by atoms with E-state index in [4.69, 9.17) is 12.3 Å². The van der Waals surface area contributed by atoms with E-state index in [0.29, 0.717) is 0 Å². The Morgan fingerprint density at radius 3 is 1.24 bits per heavy atom. The van der Waals surface area contributed by atoms with Gasteiger partial charge in [0.1, 0.15) is 0 Å². The van der Waals surface area contributed by atoms with Crippen molar-refractivity contribution in [1.29, 1.82) is 0 Å². The molecule has 0 fully saturated rings. The van der Waals surface area contributed by atoms with Gasteiger partial charge in [-0.15, -0.1) is 0 Å². The van der Waals surface area contributed by atoms with E-state index in [1.165, 1.54) is 0 Å². The Bertz CT molecular complexity index is 610. The third-order valence-corrected chi connectivity index (χ3v) is 16.3. The van der Waals surface area contributed by atoms with Gasteiger partial charge >= 0.3 is 17.1 Å². The minimum atomic E-state index is -2.79. The number of benzene rings is 2. The highest BCUT2D eigenvalue weighted by Crippen LogP contribution is 2.20. The van der Waals surface area contributed by atoms with Crippen molar-refractivity contribution in [1.82, 2.24) is 0 Å². The molecule has 2 aromatic carbocycles. The summed E-state index contributed by atoms with van der Waals surface area (Å²) in [4.78, 5) is 0. The molecule has 2 rings (SSSR count). The van der Waals surface area contributed by atoms with E-state index >= 15 is 0 Å². The van der Waals surface area contributed by atoms with Gasteiger partial charge in [0, 0.05) is 0 Å². The highest BCUT2D eigenvalue weighted by atomic mass is 28.5. The smallest absolute Gasteiger partial charge is 0.387 e. The third kappa shape index (κ3) is 9.25.